The lowest BCUT2D eigenvalue weighted by Crippen LogP contribution is -2.37. The number of carbonyl (C=O) groups excluding carboxylic acids is 2. The molecule has 32 heavy (non-hydrogen) atoms. The third kappa shape index (κ3) is 4.00. The van der Waals surface area contributed by atoms with Crippen LogP contribution in [0, 0.1) is 0 Å². The molecule has 3 aromatic carbocycles. The van der Waals surface area contributed by atoms with Crippen LogP contribution in [-0.2, 0) is 16.0 Å². The molecule has 1 atom stereocenters. The van der Waals surface area contributed by atoms with Gasteiger partial charge in [-0.2, -0.15) is 0 Å². The SMILES string of the molecule is O=C(Cc1c[nH]c2ccccc12)N[C@@H](C(=O)Nc1ccc2c(c1)OCO2)c1ccccc1. The first-order valence-electron chi connectivity index (χ1n) is 10.3. The van der Waals surface area contributed by atoms with Crippen LogP contribution in [0.3, 0.4) is 0 Å². The van der Waals surface area contributed by atoms with Gasteiger partial charge in [0.05, 0.1) is 6.42 Å². The minimum atomic E-state index is -0.848. The fraction of sp³-hybridized carbons (Fsp3) is 0.120. The summed E-state index contributed by atoms with van der Waals surface area (Å²) in [7, 11) is 0. The van der Waals surface area contributed by atoms with Gasteiger partial charge in [0.2, 0.25) is 12.7 Å². The Morgan fingerprint density at radius 2 is 1.72 bits per heavy atom. The average Bonchev–Trinajstić information content (AvgIpc) is 3.45. The van der Waals surface area contributed by atoms with Gasteiger partial charge in [0.1, 0.15) is 6.04 Å². The average molecular weight is 427 g/mol. The molecule has 0 bridgehead atoms. The number of para-hydroxylation sites is 1. The predicted molar refractivity (Wildman–Crippen MR) is 121 cm³/mol. The number of aromatic amines is 1. The summed E-state index contributed by atoms with van der Waals surface area (Å²) in [6.45, 7) is 0.156. The second-order valence-electron chi connectivity index (χ2n) is 7.50. The number of carbonyl (C=O) groups is 2. The lowest BCUT2D eigenvalue weighted by Gasteiger charge is -2.19. The molecular weight excluding hydrogens is 406 g/mol. The van der Waals surface area contributed by atoms with Crippen LogP contribution < -0.4 is 20.1 Å². The summed E-state index contributed by atoms with van der Waals surface area (Å²) in [6, 6.07) is 21.3. The number of hydrogen-bond acceptors (Lipinski definition) is 4. The molecular formula is C25H21N3O4. The number of amides is 2. The van der Waals surface area contributed by atoms with Crippen molar-refractivity contribution in [2.45, 2.75) is 12.5 Å². The molecule has 0 fully saturated rings. The van der Waals surface area contributed by atoms with Crippen LogP contribution in [0.2, 0.25) is 0 Å². The molecule has 2 heterocycles. The van der Waals surface area contributed by atoms with Crippen LogP contribution in [0.25, 0.3) is 10.9 Å². The maximum Gasteiger partial charge on any atom is 0.251 e. The van der Waals surface area contributed by atoms with E-state index in [0.29, 0.717) is 22.7 Å². The van der Waals surface area contributed by atoms with E-state index in [0.717, 1.165) is 16.5 Å². The summed E-state index contributed by atoms with van der Waals surface area (Å²) in [5.74, 6) is 0.615. The van der Waals surface area contributed by atoms with Crippen molar-refractivity contribution in [2.75, 3.05) is 12.1 Å². The van der Waals surface area contributed by atoms with Crippen LogP contribution >= 0.6 is 0 Å². The van der Waals surface area contributed by atoms with Crippen molar-refractivity contribution in [3.05, 3.63) is 90.1 Å². The van der Waals surface area contributed by atoms with Gasteiger partial charge in [-0.1, -0.05) is 48.5 Å². The van der Waals surface area contributed by atoms with Gasteiger partial charge in [-0.15, -0.1) is 0 Å². The van der Waals surface area contributed by atoms with E-state index in [2.05, 4.69) is 15.6 Å². The zero-order valence-electron chi connectivity index (χ0n) is 17.1. The number of nitrogens with one attached hydrogen (secondary N) is 3. The summed E-state index contributed by atoms with van der Waals surface area (Å²) in [5, 5.41) is 6.75. The molecule has 0 unspecified atom stereocenters. The molecule has 0 spiro atoms. The van der Waals surface area contributed by atoms with Gasteiger partial charge in [-0.05, 0) is 29.3 Å². The van der Waals surface area contributed by atoms with Crippen molar-refractivity contribution in [1.82, 2.24) is 10.3 Å². The number of hydrogen-bond donors (Lipinski definition) is 3. The minimum Gasteiger partial charge on any atom is -0.454 e. The zero-order valence-corrected chi connectivity index (χ0v) is 17.1. The second-order valence-corrected chi connectivity index (χ2v) is 7.50. The number of H-pyrrole nitrogens is 1. The van der Waals surface area contributed by atoms with Gasteiger partial charge in [0.25, 0.3) is 5.91 Å². The van der Waals surface area contributed by atoms with Gasteiger partial charge < -0.3 is 25.1 Å². The van der Waals surface area contributed by atoms with E-state index in [-0.39, 0.29) is 25.0 Å². The van der Waals surface area contributed by atoms with Gasteiger partial charge in [-0.3, -0.25) is 9.59 Å². The van der Waals surface area contributed by atoms with Crippen molar-refractivity contribution in [2.24, 2.45) is 0 Å². The van der Waals surface area contributed by atoms with Gasteiger partial charge in [0.15, 0.2) is 11.5 Å². The fourth-order valence-corrected chi connectivity index (χ4v) is 3.80. The molecule has 2 amide bonds. The predicted octanol–water partition coefficient (Wildman–Crippen LogP) is 3.94. The maximum absolute atomic E-state index is 13.2. The molecule has 1 aliphatic rings. The molecule has 0 radical (unpaired) electrons. The molecule has 0 saturated heterocycles. The van der Waals surface area contributed by atoms with E-state index in [4.69, 9.17) is 9.47 Å². The van der Waals surface area contributed by atoms with E-state index in [1.165, 1.54) is 0 Å². The Bertz CT molecular complexity index is 1280. The third-order valence-electron chi connectivity index (χ3n) is 5.37. The molecule has 3 N–H and O–H groups in total. The Morgan fingerprint density at radius 1 is 0.938 bits per heavy atom. The topological polar surface area (TPSA) is 92.5 Å². The molecule has 1 aliphatic heterocycles. The van der Waals surface area contributed by atoms with Gasteiger partial charge in [-0.25, -0.2) is 0 Å². The number of rotatable bonds is 6. The van der Waals surface area contributed by atoms with E-state index < -0.39 is 6.04 Å². The first kappa shape index (κ1) is 19.7. The molecule has 5 rings (SSSR count). The summed E-state index contributed by atoms with van der Waals surface area (Å²) in [6.07, 6.45) is 1.99. The number of anilines is 1. The normalized spacial score (nSPS) is 13.0. The molecule has 1 aromatic heterocycles. The number of fused-ring (bicyclic) bond motifs is 2. The largest absolute Gasteiger partial charge is 0.454 e. The summed E-state index contributed by atoms with van der Waals surface area (Å²) >= 11 is 0. The smallest absolute Gasteiger partial charge is 0.251 e. The standard InChI is InChI=1S/C25H21N3O4/c29-23(12-17-14-26-20-9-5-4-8-19(17)20)28-24(16-6-2-1-3-7-16)25(30)27-18-10-11-21-22(13-18)32-15-31-21/h1-11,13-14,24,26H,12,15H2,(H,27,30)(H,28,29)/t24-/m1/s1. The van der Waals surface area contributed by atoms with Crippen LogP contribution in [0.1, 0.15) is 17.2 Å². The van der Waals surface area contributed by atoms with Crippen molar-refractivity contribution in [3.8, 4) is 11.5 Å². The van der Waals surface area contributed by atoms with Crippen LogP contribution in [0.5, 0.6) is 11.5 Å². The Kier molecular flexibility index (Phi) is 5.21. The Labute approximate surface area is 184 Å². The molecule has 7 heteroatoms. The molecule has 4 aromatic rings. The highest BCUT2D eigenvalue weighted by atomic mass is 16.7. The number of aromatic nitrogens is 1. The Morgan fingerprint density at radius 3 is 2.59 bits per heavy atom. The summed E-state index contributed by atoms with van der Waals surface area (Å²) in [4.78, 5) is 29.2. The van der Waals surface area contributed by atoms with Crippen molar-refractivity contribution < 1.29 is 19.1 Å². The highest BCUT2D eigenvalue weighted by Crippen LogP contribution is 2.34. The van der Waals surface area contributed by atoms with Crippen molar-refractivity contribution in [1.29, 1.82) is 0 Å². The quantitative estimate of drug-likeness (QED) is 0.435. The molecule has 7 nitrogen and oxygen atoms in total. The van der Waals surface area contributed by atoms with Gasteiger partial charge in [0, 0.05) is 28.9 Å². The monoisotopic (exact) mass is 427 g/mol. The summed E-state index contributed by atoms with van der Waals surface area (Å²) in [5.41, 5.74) is 3.10. The number of ether oxygens (including phenoxy) is 2. The second kappa shape index (κ2) is 8.47. The van der Waals surface area contributed by atoms with E-state index >= 15 is 0 Å². The minimum absolute atomic E-state index is 0.156. The van der Waals surface area contributed by atoms with Crippen LogP contribution in [-0.4, -0.2) is 23.6 Å². The number of benzene rings is 3. The van der Waals surface area contributed by atoms with E-state index in [1.54, 1.807) is 18.2 Å². The third-order valence-corrected chi connectivity index (χ3v) is 5.37. The lowest BCUT2D eigenvalue weighted by atomic mass is 10.0. The fourth-order valence-electron chi connectivity index (χ4n) is 3.80. The summed E-state index contributed by atoms with van der Waals surface area (Å²) < 4.78 is 10.7. The molecule has 0 aliphatic carbocycles. The first-order valence-corrected chi connectivity index (χ1v) is 10.3. The maximum atomic E-state index is 13.2. The molecule has 160 valence electrons. The van der Waals surface area contributed by atoms with Crippen molar-refractivity contribution in [3.63, 3.8) is 0 Å². The Balaban J connectivity index is 1.35. The van der Waals surface area contributed by atoms with E-state index in [1.807, 2.05) is 60.8 Å². The Hall–Kier alpha value is -4.26. The van der Waals surface area contributed by atoms with E-state index in [9.17, 15) is 9.59 Å². The zero-order chi connectivity index (χ0) is 21.9. The lowest BCUT2D eigenvalue weighted by molar-refractivity contribution is -0.126. The highest BCUT2D eigenvalue weighted by molar-refractivity contribution is 5.99. The molecule has 0 saturated carbocycles. The van der Waals surface area contributed by atoms with Crippen LogP contribution in [0.15, 0.2) is 79.0 Å². The van der Waals surface area contributed by atoms with Gasteiger partial charge >= 0.3 is 0 Å². The van der Waals surface area contributed by atoms with Crippen LogP contribution in [0.4, 0.5) is 5.69 Å². The first-order chi connectivity index (χ1) is 15.7. The van der Waals surface area contributed by atoms with Crippen molar-refractivity contribution >= 4 is 28.4 Å². The highest BCUT2D eigenvalue weighted by Gasteiger charge is 2.24.